The molecule has 10 heteroatoms. The van der Waals surface area contributed by atoms with Gasteiger partial charge in [0.2, 0.25) is 0 Å². The summed E-state index contributed by atoms with van der Waals surface area (Å²) in [5.74, 6) is 0. The van der Waals surface area contributed by atoms with Crippen molar-refractivity contribution in [2.24, 2.45) is 0 Å². The molecule has 6 nitrogen and oxygen atoms in total. The molecule has 0 saturated heterocycles. The summed E-state index contributed by atoms with van der Waals surface area (Å²) in [6, 6.07) is 0. The van der Waals surface area contributed by atoms with Crippen LogP contribution < -0.4 is 0 Å². The lowest BCUT2D eigenvalue weighted by Gasteiger charge is -2.37. The van der Waals surface area contributed by atoms with Crippen LogP contribution in [0.5, 0.6) is 0 Å². The van der Waals surface area contributed by atoms with Crippen LogP contribution in [0.15, 0.2) is 11.6 Å². The van der Waals surface area contributed by atoms with Crippen molar-refractivity contribution in [3.63, 3.8) is 0 Å². The molecule has 0 radical (unpaired) electrons. The van der Waals surface area contributed by atoms with Gasteiger partial charge in [0.05, 0.1) is 0 Å². The van der Waals surface area contributed by atoms with Gasteiger partial charge in [0.15, 0.2) is 0 Å². The highest BCUT2D eigenvalue weighted by atomic mass is 32.2. The topological polar surface area (TPSA) is 86.7 Å². The summed E-state index contributed by atoms with van der Waals surface area (Å²) in [6.45, 7) is 3.86. The van der Waals surface area contributed by atoms with Gasteiger partial charge in [-0.2, -0.15) is 13.2 Å². The second-order valence-electron chi connectivity index (χ2n) is 5.51. The Labute approximate surface area is 120 Å². The van der Waals surface area contributed by atoms with Crippen molar-refractivity contribution in [1.82, 2.24) is 4.90 Å². The van der Waals surface area contributed by atoms with Crippen molar-refractivity contribution in [3.05, 3.63) is 11.6 Å². The minimum Gasteiger partial charge on any atom is -0.746 e. The van der Waals surface area contributed by atoms with Gasteiger partial charge >= 0.3 is 12.3 Å². The number of carbonyl (C=O) groups is 1. The molecule has 1 unspecified atom stereocenters. The Kier molecular flexibility index (Phi) is 4.64. The van der Waals surface area contributed by atoms with Gasteiger partial charge in [-0.15, -0.1) is 0 Å². The average Bonchev–Trinajstić information content (AvgIpc) is 2.23. The molecule has 0 spiro atoms. The number of hydrogen-bond donors (Lipinski definition) is 0. The maximum absolute atomic E-state index is 12.6. The summed E-state index contributed by atoms with van der Waals surface area (Å²) in [5, 5.41) is -2.13. The van der Waals surface area contributed by atoms with Crippen LogP contribution in [0.3, 0.4) is 0 Å². The van der Waals surface area contributed by atoms with E-state index in [2.05, 4.69) is 0 Å². The third-order valence-electron chi connectivity index (χ3n) is 2.60. The van der Waals surface area contributed by atoms with Gasteiger partial charge in [-0.1, -0.05) is 6.08 Å². The van der Waals surface area contributed by atoms with Gasteiger partial charge in [0, 0.05) is 18.5 Å². The fraction of sp³-hybridized carbons (Fsp3) is 0.727. The van der Waals surface area contributed by atoms with Gasteiger partial charge in [-0.3, -0.25) is 4.90 Å². The molecular weight excluding hydrogens is 315 g/mol. The maximum atomic E-state index is 12.6. The second kappa shape index (κ2) is 5.48. The minimum absolute atomic E-state index is 0.489. The molecule has 0 fully saturated rings. The Morgan fingerprint density at radius 2 is 1.90 bits per heavy atom. The Balaban J connectivity index is 3.09. The van der Waals surface area contributed by atoms with Crippen molar-refractivity contribution in [1.29, 1.82) is 0 Å². The smallest absolute Gasteiger partial charge is 0.412 e. The van der Waals surface area contributed by atoms with E-state index in [0.29, 0.717) is 11.0 Å². The van der Waals surface area contributed by atoms with Crippen molar-refractivity contribution in [2.75, 3.05) is 6.54 Å². The zero-order chi connectivity index (χ0) is 16.6. The van der Waals surface area contributed by atoms with Crippen LogP contribution in [0.25, 0.3) is 0 Å². The molecule has 0 bridgehead atoms. The molecule has 0 aromatic heterocycles. The third kappa shape index (κ3) is 4.88. The fourth-order valence-electron chi connectivity index (χ4n) is 1.71. The van der Waals surface area contributed by atoms with E-state index in [-0.39, 0.29) is 0 Å². The van der Waals surface area contributed by atoms with Gasteiger partial charge in [-0.05, 0) is 20.8 Å². The van der Waals surface area contributed by atoms with E-state index in [9.17, 15) is 30.9 Å². The molecule has 0 aromatic carbocycles. The zero-order valence-corrected chi connectivity index (χ0v) is 12.4. The lowest BCUT2D eigenvalue weighted by Crippen LogP contribution is -2.50. The first-order valence-electron chi connectivity index (χ1n) is 5.92. The van der Waals surface area contributed by atoms with Gasteiger partial charge in [0.1, 0.15) is 21.1 Å². The Hall–Kier alpha value is -1.29. The van der Waals surface area contributed by atoms with Crippen LogP contribution in [0, 0.1) is 0 Å². The molecule has 0 aromatic rings. The summed E-state index contributed by atoms with van der Waals surface area (Å²) in [7, 11) is -5.13. The summed E-state index contributed by atoms with van der Waals surface area (Å²) >= 11 is 0. The van der Waals surface area contributed by atoms with Crippen LogP contribution in [-0.4, -0.2) is 47.7 Å². The molecule has 1 aliphatic heterocycles. The highest BCUT2D eigenvalue weighted by molar-refractivity contribution is 7.86. The van der Waals surface area contributed by atoms with E-state index < -0.39 is 51.9 Å². The lowest BCUT2D eigenvalue weighted by molar-refractivity contribution is -0.0968. The van der Waals surface area contributed by atoms with Crippen LogP contribution in [0.2, 0.25) is 0 Å². The minimum atomic E-state index is -5.13. The van der Waals surface area contributed by atoms with Crippen LogP contribution in [0.1, 0.15) is 27.2 Å². The summed E-state index contributed by atoms with van der Waals surface area (Å²) < 4.78 is 76.1. The predicted molar refractivity (Wildman–Crippen MR) is 65.2 cm³/mol. The van der Waals surface area contributed by atoms with E-state index >= 15 is 0 Å². The number of rotatable bonds is 1. The Bertz CT molecular complexity index is 547. The van der Waals surface area contributed by atoms with Crippen molar-refractivity contribution in [3.8, 4) is 0 Å². The molecule has 122 valence electrons. The van der Waals surface area contributed by atoms with Crippen LogP contribution in [0.4, 0.5) is 18.0 Å². The average molecular weight is 330 g/mol. The van der Waals surface area contributed by atoms with Gasteiger partial charge in [0.25, 0.3) is 0 Å². The van der Waals surface area contributed by atoms with E-state index in [0.717, 1.165) is 0 Å². The Morgan fingerprint density at radius 3 is 2.29 bits per heavy atom. The highest BCUT2D eigenvalue weighted by Crippen LogP contribution is 2.34. The number of alkyl halides is 3. The Morgan fingerprint density at radius 1 is 1.38 bits per heavy atom. The molecule has 0 saturated carbocycles. The van der Waals surface area contributed by atoms with Crippen LogP contribution >= 0.6 is 0 Å². The maximum Gasteiger partial charge on any atom is 0.412 e. The summed E-state index contributed by atoms with van der Waals surface area (Å²) in [5.41, 5.74) is -2.12. The first kappa shape index (κ1) is 17.8. The molecule has 1 aliphatic rings. The normalized spacial score (nSPS) is 21.0. The first-order valence-corrected chi connectivity index (χ1v) is 7.39. The van der Waals surface area contributed by atoms with E-state index in [1.165, 1.54) is 20.8 Å². The van der Waals surface area contributed by atoms with E-state index in [4.69, 9.17) is 4.74 Å². The molecule has 0 N–H and O–H groups in total. The van der Waals surface area contributed by atoms with Crippen molar-refractivity contribution in [2.45, 2.75) is 44.3 Å². The van der Waals surface area contributed by atoms with Gasteiger partial charge < -0.3 is 9.29 Å². The third-order valence-corrected chi connectivity index (χ3v) is 3.69. The number of amides is 1. The summed E-state index contributed by atoms with van der Waals surface area (Å²) in [6.07, 6.45) is -6.33. The van der Waals surface area contributed by atoms with Gasteiger partial charge in [-0.25, -0.2) is 13.2 Å². The second-order valence-corrected chi connectivity index (χ2v) is 7.04. The summed E-state index contributed by atoms with van der Waals surface area (Å²) in [4.78, 5) is 12.3. The van der Waals surface area contributed by atoms with Crippen molar-refractivity contribution < 1.29 is 35.7 Å². The molecule has 1 heterocycles. The monoisotopic (exact) mass is 330 g/mol. The number of halogens is 3. The first-order chi connectivity index (χ1) is 9.22. The molecule has 1 amide bonds. The molecule has 1 atom stereocenters. The van der Waals surface area contributed by atoms with E-state index in [1.807, 2.05) is 0 Å². The fourth-order valence-corrected chi connectivity index (χ4v) is 2.58. The van der Waals surface area contributed by atoms with Crippen LogP contribution in [-0.2, 0) is 14.9 Å². The number of carbonyl (C=O) groups excluding carboxylic acids is 1. The zero-order valence-electron chi connectivity index (χ0n) is 11.6. The molecule has 0 aliphatic carbocycles. The lowest BCUT2D eigenvalue weighted by atomic mass is 10.1. The molecular formula is C11H15F3NO5S-. The standard InChI is InChI=1S/C11H16F3NO5S/c1-10(2,3)20-9(16)15-5-4-7(11(12,13)14)6-8(15)21(17,18)19/h4,8H,5-6H2,1-3H3,(H,17,18,19)/p-1. The number of hydrogen-bond acceptors (Lipinski definition) is 5. The number of nitrogens with zero attached hydrogens (tertiary/aromatic N) is 1. The quantitative estimate of drug-likeness (QED) is 0.542. The highest BCUT2D eigenvalue weighted by Gasteiger charge is 2.42. The van der Waals surface area contributed by atoms with E-state index in [1.54, 1.807) is 0 Å². The SMILES string of the molecule is CC(C)(C)OC(=O)N1CC=C(C(F)(F)F)CC1S(=O)(=O)[O-]. The molecule has 21 heavy (non-hydrogen) atoms. The predicted octanol–water partition coefficient (Wildman–Crippen LogP) is 1.99. The van der Waals surface area contributed by atoms with Crippen molar-refractivity contribution >= 4 is 16.2 Å². The molecule has 1 rings (SSSR count). The largest absolute Gasteiger partial charge is 0.746 e. The number of ether oxygens (including phenoxy) is 1.